The second-order valence-corrected chi connectivity index (χ2v) is 5.31. The average Bonchev–Trinajstić information content (AvgIpc) is 2.81. The van der Waals surface area contributed by atoms with Crippen molar-refractivity contribution in [2.45, 2.75) is 57.4 Å². The number of carboxylic acid groups (broad SMARTS) is 1. The fraction of sp³-hybridized carbons (Fsp3) is 0.846. The summed E-state index contributed by atoms with van der Waals surface area (Å²) in [7, 11) is 0. The van der Waals surface area contributed by atoms with Crippen molar-refractivity contribution < 1.29 is 14.7 Å². The van der Waals surface area contributed by atoms with Gasteiger partial charge in [-0.05, 0) is 25.7 Å². The molecule has 2 atom stereocenters. The summed E-state index contributed by atoms with van der Waals surface area (Å²) >= 11 is 0. The van der Waals surface area contributed by atoms with Gasteiger partial charge in [0.1, 0.15) is 0 Å². The van der Waals surface area contributed by atoms with Crippen molar-refractivity contribution in [2.24, 2.45) is 11.8 Å². The number of carbonyl (C=O) groups excluding carboxylic acids is 2. The third kappa shape index (κ3) is 2.99. The van der Waals surface area contributed by atoms with E-state index in [1.807, 2.05) is 0 Å². The number of aliphatic carboxylic acids is 1. The minimum atomic E-state index is -1.06. The third-order valence-electron chi connectivity index (χ3n) is 4.11. The minimum absolute atomic E-state index is 0.0641. The Hall–Kier alpha value is -1.06. The second kappa shape index (κ2) is 5.52. The van der Waals surface area contributed by atoms with Crippen molar-refractivity contribution >= 4 is 11.9 Å². The summed E-state index contributed by atoms with van der Waals surface area (Å²) in [4.78, 5) is 23.1. The highest BCUT2D eigenvalue weighted by Crippen LogP contribution is 2.30. The largest absolute Gasteiger partial charge is 0.550 e. The number of amides is 1. The van der Waals surface area contributed by atoms with Crippen LogP contribution in [0.15, 0.2) is 0 Å². The number of rotatable bonds is 3. The zero-order valence-electron chi connectivity index (χ0n) is 10.1. The molecule has 4 nitrogen and oxygen atoms in total. The number of hydrogen-bond acceptors (Lipinski definition) is 3. The molecule has 1 amide bonds. The van der Waals surface area contributed by atoms with E-state index in [4.69, 9.17) is 0 Å². The first-order valence-corrected chi connectivity index (χ1v) is 6.69. The molecule has 17 heavy (non-hydrogen) atoms. The molecule has 0 spiro atoms. The number of nitrogens with one attached hydrogen (secondary N) is 1. The number of carbonyl (C=O) groups is 2. The average molecular weight is 238 g/mol. The van der Waals surface area contributed by atoms with Crippen LogP contribution in [-0.2, 0) is 9.59 Å². The fourth-order valence-corrected chi connectivity index (χ4v) is 3.11. The van der Waals surface area contributed by atoms with Crippen LogP contribution in [0, 0.1) is 11.8 Å². The Morgan fingerprint density at radius 1 is 0.882 bits per heavy atom. The Kier molecular flexibility index (Phi) is 4.02. The van der Waals surface area contributed by atoms with Gasteiger partial charge in [0.2, 0.25) is 5.91 Å². The summed E-state index contributed by atoms with van der Waals surface area (Å²) in [5.41, 5.74) is 0. The molecule has 2 aliphatic rings. The number of hydrogen-bond donors (Lipinski definition) is 1. The van der Waals surface area contributed by atoms with Crippen molar-refractivity contribution in [2.75, 3.05) is 0 Å². The van der Waals surface area contributed by atoms with E-state index in [1.165, 1.54) is 12.8 Å². The molecule has 4 heteroatoms. The van der Waals surface area contributed by atoms with E-state index in [2.05, 4.69) is 5.32 Å². The van der Waals surface area contributed by atoms with Gasteiger partial charge in [0.05, 0.1) is 0 Å². The van der Waals surface area contributed by atoms with Crippen molar-refractivity contribution in [3.05, 3.63) is 0 Å². The van der Waals surface area contributed by atoms with Gasteiger partial charge in [-0.15, -0.1) is 0 Å². The third-order valence-corrected chi connectivity index (χ3v) is 4.11. The molecule has 0 saturated heterocycles. The predicted octanol–water partition coefficient (Wildman–Crippen LogP) is 0.601. The van der Waals surface area contributed by atoms with Crippen LogP contribution in [0.4, 0.5) is 0 Å². The molecule has 0 aromatic rings. The molecule has 0 aromatic heterocycles. The van der Waals surface area contributed by atoms with Crippen LogP contribution in [0.1, 0.15) is 51.4 Å². The monoisotopic (exact) mass is 238 g/mol. The predicted molar refractivity (Wildman–Crippen MR) is 60.9 cm³/mol. The Bertz CT molecular complexity index is 297. The molecule has 0 bridgehead atoms. The highest BCUT2D eigenvalue weighted by atomic mass is 16.4. The van der Waals surface area contributed by atoms with Gasteiger partial charge in [-0.1, -0.05) is 25.7 Å². The van der Waals surface area contributed by atoms with E-state index in [9.17, 15) is 14.7 Å². The number of carboxylic acids is 1. The summed E-state index contributed by atoms with van der Waals surface area (Å²) in [5, 5.41) is 14.0. The van der Waals surface area contributed by atoms with E-state index >= 15 is 0 Å². The zero-order chi connectivity index (χ0) is 12.3. The molecular formula is C13H20NO3-. The second-order valence-electron chi connectivity index (χ2n) is 5.31. The summed E-state index contributed by atoms with van der Waals surface area (Å²) in [6.45, 7) is 0. The van der Waals surface area contributed by atoms with Gasteiger partial charge in [-0.2, -0.15) is 0 Å². The topological polar surface area (TPSA) is 69.2 Å². The van der Waals surface area contributed by atoms with Gasteiger partial charge in [-0.25, -0.2) is 0 Å². The van der Waals surface area contributed by atoms with E-state index in [0.29, 0.717) is 12.8 Å². The van der Waals surface area contributed by atoms with E-state index in [1.54, 1.807) is 0 Å². The van der Waals surface area contributed by atoms with E-state index in [0.717, 1.165) is 25.7 Å². The highest BCUT2D eigenvalue weighted by molar-refractivity contribution is 5.84. The van der Waals surface area contributed by atoms with Gasteiger partial charge in [-0.3, -0.25) is 4.79 Å². The van der Waals surface area contributed by atoms with Crippen molar-refractivity contribution in [1.82, 2.24) is 5.32 Å². The normalized spacial score (nSPS) is 30.1. The Morgan fingerprint density at radius 3 is 2.00 bits per heavy atom. The van der Waals surface area contributed by atoms with E-state index in [-0.39, 0.29) is 17.9 Å². The van der Waals surface area contributed by atoms with Crippen LogP contribution in [0.5, 0.6) is 0 Å². The fourth-order valence-electron chi connectivity index (χ4n) is 3.11. The Labute approximate surface area is 102 Å². The molecule has 0 aromatic carbocycles. The van der Waals surface area contributed by atoms with Crippen LogP contribution in [0.25, 0.3) is 0 Å². The molecule has 2 aliphatic carbocycles. The maximum atomic E-state index is 12.1. The lowest BCUT2D eigenvalue weighted by Gasteiger charge is -2.32. The molecule has 2 saturated carbocycles. The summed E-state index contributed by atoms with van der Waals surface area (Å²) in [5.74, 6) is -2.07. The summed E-state index contributed by atoms with van der Waals surface area (Å²) in [6.07, 6.45) is 7.53. The van der Waals surface area contributed by atoms with Crippen LogP contribution < -0.4 is 10.4 Å². The van der Waals surface area contributed by atoms with Gasteiger partial charge in [0.25, 0.3) is 0 Å². The molecule has 1 N–H and O–H groups in total. The molecule has 0 radical (unpaired) electrons. The first-order chi connectivity index (χ1) is 8.18. The lowest BCUT2D eigenvalue weighted by atomic mass is 9.78. The van der Waals surface area contributed by atoms with Gasteiger partial charge in [0, 0.05) is 23.8 Å². The quantitative estimate of drug-likeness (QED) is 0.783. The van der Waals surface area contributed by atoms with Crippen LogP contribution in [-0.4, -0.2) is 17.9 Å². The Balaban J connectivity index is 1.93. The zero-order valence-corrected chi connectivity index (χ0v) is 10.1. The smallest absolute Gasteiger partial charge is 0.223 e. The van der Waals surface area contributed by atoms with Crippen molar-refractivity contribution in [3.8, 4) is 0 Å². The molecule has 96 valence electrons. The lowest BCUT2D eigenvalue weighted by molar-refractivity contribution is -0.314. The molecule has 2 fully saturated rings. The van der Waals surface area contributed by atoms with Crippen molar-refractivity contribution in [3.63, 3.8) is 0 Å². The molecule has 0 aliphatic heterocycles. The highest BCUT2D eigenvalue weighted by Gasteiger charge is 2.32. The summed E-state index contributed by atoms with van der Waals surface area (Å²) < 4.78 is 0. The molecule has 2 rings (SSSR count). The lowest BCUT2D eigenvalue weighted by Crippen LogP contribution is -2.46. The van der Waals surface area contributed by atoms with Gasteiger partial charge < -0.3 is 15.2 Å². The van der Waals surface area contributed by atoms with Crippen LogP contribution >= 0.6 is 0 Å². The van der Waals surface area contributed by atoms with Crippen molar-refractivity contribution in [1.29, 1.82) is 0 Å². The first kappa shape index (κ1) is 12.4. The minimum Gasteiger partial charge on any atom is -0.550 e. The SMILES string of the molecule is O=C([O-])[C@@H]1CCCC[C@H]1C(=O)NC1CCCC1. The van der Waals surface area contributed by atoms with Gasteiger partial charge in [0.15, 0.2) is 0 Å². The Morgan fingerprint density at radius 2 is 1.41 bits per heavy atom. The van der Waals surface area contributed by atoms with Crippen LogP contribution in [0.3, 0.4) is 0 Å². The molecule has 0 unspecified atom stereocenters. The maximum Gasteiger partial charge on any atom is 0.223 e. The first-order valence-electron chi connectivity index (χ1n) is 6.69. The maximum absolute atomic E-state index is 12.1. The molecule has 0 heterocycles. The molecular weight excluding hydrogens is 218 g/mol. The van der Waals surface area contributed by atoms with Gasteiger partial charge >= 0.3 is 0 Å². The van der Waals surface area contributed by atoms with E-state index < -0.39 is 11.9 Å². The standard InChI is InChI=1S/C13H21NO3/c15-12(14-9-5-1-2-6-9)10-7-3-4-8-11(10)13(16)17/h9-11H,1-8H2,(H,14,15)(H,16,17)/p-1/t10-,11-/m1/s1. The van der Waals surface area contributed by atoms with Crippen LogP contribution in [0.2, 0.25) is 0 Å². The summed E-state index contributed by atoms with van der Waals surface area (Å²) in [6, 6.07) is 0.270.